The first-order valence-corrected chi connectivity index (χ1v) is 9.68. The summed E-state index contributed by atoms with van der Waals surface area (Å²) in [6, 6.07) is 10.2. The van der Waals surface area contributed by atoms with Gasteiger partial charge in [0.1, 0.15) is 12.7 Å². The Morgan fingerprint density at radius 1 is 1.08 bits per heavy atom. The minimum atomic E-state index is -3.74. The third-order valence-corrected chi connectivity index (χ3v) is 5.85. The van der Waals surface area contributed by atoms with Crippen LogP contribution in [-0.4, -0.2) is 23.2 Å². The lowest BCUT2D eigenvalue weighted by Crippen LogP contribution is -2.15. The maximum Gasteiger partial charge on any atom is 0.261 e. The van der Waals surface area contributed by atoms with Crippen LogP contribution in [0.5, 0.6) is 0 Å². The largest absolute Gasteiger partial charge is 0.277 e. The highest BCUT2D eigenvalue weighted by molar-refractivity contribution is 7.92. The third kappa shape index (κ3) is 3.12. The van der Waals surface area contributed by atoms with Crippen LogP contribution in [0.15, 0.2) is 53.9 Å². The number of nitrogens with one attached hydrogen (secondary N) is 1. The summed E-state index contributed by atoms with van der Waals surface area (Å²) in [5, 5.41) is 4.48. The molecule has 0 amide bonds. The molecule has 1 aromatic heterocycles. The summed E-state index contributed by atoms with van der Waals surface area (Å²) in [7, 11) is -3.74. The number of aromatic nitrogens is 3. The Hall–Kier alpha value is -2.38. The third-order valence-electron chi connectivity index (χ3n) is 4.25. The minimum Gasteiger partial charge on any atom is -0.277 e. The molecule has 1 N–H and O–H groups in total. The molecule has 0 bridgehead atoms. The first kappa shape index (κ1) is 16.1. The van der Waals surface area contributed by atoms with Crippen LogP contribution in [0.4, 0.5) is 5.69 Å². The van der Waals surface area contributed by atoms with E-state index in [1.54, 1.807) is 30.3 Å². The van der Waals surface area contributed by atoms with Crippen molar-refractivity contribution in [1.82, 2.24) is 14.8 Å². The van der Waals surface area contributed by atoms with Gasteiger partial charge in [0, 0.05) is 5.02 Å². The van der Waals surface area contributed by atoms with Gasteiger partial charge in [0.05, 0.1) is 16.3 Å². The predicted molar refractivity (Wildman–Crippen MR) is 95.6 cm³/mol. The van der Waals surface area contributed by atoms with E-state index in [0.717, 1.165) is 24.8 Å². The van der Waals surface area contributed by atoms with Crippen molar-refractivity contribution in [3.8, 4) is 5.69 Å². The monoisotopic (exact) mass is 374 g/mol. The zero-order valence-corrected chi connectivity index (χ0v) is 14.8. The average molecular weight is 375 g/mol. The lowest BCUT2D eigenvalue weighted by Gasteiger charge is -2.13. The standard InChI is InChI=1S/C17H15ClN4O2S/c18-14-5-7-17(22-11-19-10-20-22)16(9-14)21-25(23,24)15-6-4-12-2-1-3-13(12)8-15/h4-11,21H,1-3H2. The second-order valence-corrected chi connectivity index (χ2v) is 8.01. The molecule has 0 aliphatic heterocycles. The normalized spacial score (nSPS) is 13.6. The summed E-state index contributed by atoms with van der Waals surface area (Å²) in [4.78, 5) is 4.15. The Kier molecular flexibility index (Phi) is 3.97. The Labute approximate surface area is 150 Å². The van der Waals surface area contributed by atoms with Crippen molar-refractivity contribution in [2.24, 2.45) is 0 Å². The highest BCUT2D eigenvalue weighted by atomic mass is 35.5. The number of halogens is 1. The SMILES string of the molecule is O=S(=O)(Nc1cc(Cl)ccc1-n1cncn1)c1ccc2c(c1)CCC2. The molecule has 128 valence electrons. The molecule has 4 rings (SSSR count). The van der Waals surface area contributed by atoms with Crippen LogP contribution in [0.3, 0.4) is 0 Å². The Morgan fingerprint density at radius 2 is 1.92 bits per heavy atom. The Balaban J connectivity index is 1.73. The summed E-state index contributed by atoms with van der Waals surface area (Å²) in [5.41, 5.74) is 3.22. The molecule has 1 aliphatic rings. The summed E-state index contributed by atoms with van der Waals surface area (Å²) >= 11 is 6.05. The lowest BCUT2D eigenvalue weighted by atomic mass is 10.1. The van der Waals surface area contributed by atoms with E-state index in [9.17, 15) is 8.42 Å². The van der Waals surface area contributed by atoms with Gasteiger partial charge >= 0.3 is 0 Å². The van der Waals surface area contributed by atoms with Gasteiger partial charge in [-0.3, -0.25) is 4.72 Å². The van der Waals surface area contributed by atoms with Crippen molar-refractivity contribution < 1.29 is 8.42 Å². The van der Waals surface area contributed by atoms with Gasteiger partial charge in [0.2, 0.25) is 0 Å². The maximum atomic E-state index is 12.8. The van der Waals surface area contributed by atoms with E-state index in [2.05, 4.69) is 14.8 Å². The molecule has 0 saturated heterocycles. The number of hydrogen-bond donors (Lipinski definition) is 1. The van der Waals surface area contributed by atoms with E-state index < -0.39 is 10.0 Å². The summed E-state index contributed by atoms with van der Waals surface area (Å²) in [6.45, 7) is 0. The Bertz CT molecular complexity index is 1030. The molecule has 0 radical (unpaired) electrons. The minimum absolute atomic E-state index is 0.248. The molecule has 1 aliphatic carbocycles. The van der Waals surface area contributed by atoms with E-state index in [4.69, 9.17) is 11.6 Å². The molecule has 3 aromatic rings. The highest BCUT2D eigenvalue weighted by Crippen LogP contribution is 2.29. The molecule has 8 heteroatoms. The van der Waals surface area contributed by atoms with E-state index >= 15 is 0 Å². The van der Waals surface area contributed by atoms with Crippen LogP contribution < -0.4 is 4.72 Å². The van der Waals surface area contributed by atoms with Crippen molar-refractivity contribution in [1.29, 1.82) is 0 Å². The maximum absolute atomic E-state index is 12.8. The number of anilines is 1. The molecule has 0 atom stereocenters. The van der Waals surface area contributed by atoms with Gasteiger partial charge < -0.3 is 0 Å². The van der Waals surface area contributed by atoms with E-state index in [0.29, 0.717) is 16.4 Å². The first-order chi connectivity index (χ1) is 12.0. The van der Waals surface area contributed by atoms with E-state index in [1.807, 2.05) is 6.07 Å². The second-order valence-electron chi connectivity index (χ2n) is 5.89. The van der Waals surface area contributed by atoms with Gasteiger partial charge in [-0.25, -0.2) is 18.1 Å². The molecule has 25 heavy (non-hydrogen) atoms. The molecular weight excluding hydrogens is 360 g/mol. The smallest absolute Gasteiger partial charge is 0.261 e. The highest BCUT2D eigenvalue weighted by Gasteiger charge is 2.20. The zero-order valence-electron chi connectivity index (χ0n) is 13.2. The number of sulfonamides is 1. The summed E-state index contributed by atoms with van der Waals surface area (Å²) in [6.07, 6.45) is 5.87. The van der Waals surface area contributed by atoms with Crippen molar-refractivity contribution in [2.45, 2.75) is 24.2 Å². The van der Waals surface area contributed by atoms with Crippen LogP contribution in [0, 0.1) is 0 Å². The summed E-state index contributed by atoms with van der Waals surface area (Å²) in [5.74, 6) is 0. The van der Waals surface area contributed by atoms with E-state index in [1.165, 1.54) is 22.9 Å². The molecule has 0 unspecified atom stereocenters. The topological polar surface area (TPSA) is 76.9 Å². The quantitative estimate of drug-likeness (QED) is 0.760. The van der Waals surface area contributed by atoms with E-state index in [-0.39, 0.29) is 4.90 Å². The predicted octanol–water partition coefficient (Wildman–Crippen LogP) is 3.21. The second kappa shape index (κ2) is 6.16. The van der Waals surface area contributed by atoms with Crippen molar-refractivity contribution in [3.05, 3.63) is 65.2 Å². The number of hydrogen-bond acceptors (Lipinski definition) is 4. The molecule has 6 nitrogen and oxygen atoms in total. The fourth-order valence-electron chi connectivity index (χ4n) is 3.04. The van der Waals surface area contributed by atoms with Crippen LogP contribution in [0.1, 0.15) is 17.5 Å². The molecule has 0 spiro atoms. The molecule has 0 saturated carbocycles. The van der Waals surface area contributed by atoms with Gasteiger partial charge in [-0.2, -0.15) is 5.10 Å². The molecule has 1 heterocycles. The van der Waals surface area contributed by atoms with Gasteiger partial charge in [-0.1, -0.05) is 17.7 Å². The van der Waals surface area contributed by atoms with Crippen molar-refractivity contribution >= 4 is 27.3 Å². The lowest BCUT2D eigenvalue weighted by molar-refractivity contribution is 0.601. The fourth-order valence-corrected chi connectivity index (χ4v) is 4.33. The fraction of sp³-hybridized carbons (Fsp3) is 0.176. The van der Waals surface area contributed by atoms with Crippen LogP contribution in [0.2, 0.25) is 5.02 Å². The van der Waals surface area contributed by atoms with Crippen LogP contribution in [0.25, 0.3) is 5.69 Å². The summed E-state index contributed by atoms with van der Waals surface area (Å²) < 4.78 is 29.8. The van der Waals surface area contributed by atoms with Gasteiger partial charge in [-0.05, 0) is 60.7 Å². The first-order valence-electron chi connectivity index (χ1n) is 7.82. The Morgan fingerprint density at radius 3 is 2.72 bits per heavy atom. The number of fused-ring (bicyclic) bond motifs is 1. The van der Waals surface area contributed by atoms with Gasteiger partial charge in [0.15, 0.2) is 0 Å². The number of nitrogens with zero attached hydrogens (tertiary/aromatic N) is 3. The van der Waals surface area contributed by atoms with Gasteiger partial charge in [-0.15, -0.1) is 0 Å². The van der Waals surface area contributed by atoms with Crippen LogP contribution in [-0.2, 0) is 22.9 Å². The average Bonchev–Trinajstić information content (AvgIpc) is 3.25. The van der Waals surface area contributed by atoms with Crippen molar-refractivity contribution in [3.63, 3.8) is 0 Å². The molecular formula is C17H15ClN4O2S. The van der Waals surface area contributed by atoms with Gasteiger partial charge in [0.25, 0.3) is 10.0 Å². The zero-order chi connectivity index (χ0) is 17.4. The number of rotatable bonds is 4. The number of aryl methyl sites for hydroxylation is 2. The van der Waals surface area contributed by atoms with Crippen molar-refractivity contribution in [2.75, 3.05) is 4.72 Å². The van der Waals surface area contributed by atoms with Crippen LogP contribution >= 0.6 is 11.6 Å². The molecule has 0 fully saturated rings. The molecule has 2 aromatic carbocycles. The number of benzene rings is 2.